The first kappa shape index (κ1) is 40.9. The molecule has 12 heteroatoms. The van der Waals surface area contributed by atoms with Crippen LogP contribution in [0.3, 0.4) is 0 Å². The molecule has 0 spiro atoms. The number of carboxylic acids is 4. The molecule has 0 aromatic rings. The molecule has 1 aliphatic rings. The standard InChI is InChI=1S/C6H14N2.4C2H4O2.2Ca/c7-6(8)4-2-1-3-5-6;4*1-2(3)4;;/h1-5,7-8H2;4*1H3,(H,3,4);;/q;;;;;2*+2/p-4. The predicted molar refractivity (Wildman–Crippen MR) is 88.4 cm³/mol. The van der Waals surface area contributed by atoms with E-state index in [1.807, 2.05) is 0 Å². The normalized spacial score (nSPS) is 12.4. The molecule has 0 unspecified atom stereocenters. The maximum absolute atomic E-state index is 8.89. The van der Waals surface area contributed by atoms with Crippen molar-refractivity contribution in [2.24, 2.45) is 11.5 Å². The van der Waals surface area contributed by atoms with E-state index in [1.165, 1.54) is 19.3 Å². The van der Waals surface area contributed by atoms with Crippen LogP contribution in [0.5, 0.6) is 0 Å². The number of carbonyl (C=O) groups is 4. The molecule has 1 saturated carbocycles. The van der Waals surface area contributed by atoms with Gasteiger partial charge in [0.2, 0.25) is 0 Å². The second-order valence-electron chi connectivity index (χ2n) is 4.76. The summed E-state index contributed by atoms with van der Waals surface area (Å²) in [6.45, 7) is 3.89. The zero-order chi connectivity index (χ0) is 20.3. The van der Waals surface area contributed by atoms with Crippen LogP contribution in [-0.4, -0.2) is 105 Å². The van der Waals surface area contributed by atoms with Crippen molar-refractivity contribution in [1.82, 2.24) is 0 Å². The van der Waals surface area contributed by atoms with E-state index >= 15 is 0 Å². The van der Waals surface area contributed by atoms with Crippen molar-refractivity contribution >= 4 is 99.4 Å². The Morgan fingerprint density at radius 2 is 0.769 bits per heavy atom. The maximum atomic E-state index is 8.89. The Morgan fingerprint density at radius 1 is 0.615 bits per heavy atom. The summed E-state index contributed by atoms with van der Waals surface area (Å²) in [4.78, 5) is 35.6. The van der Waals surface area contributed by atoms with E-state index in [2.05, 4.69) is 0 Å². The molecule has 0 aliphatic heterocycles. The molecule has 1 fully saturated rings. The molecule has 144 valence electrons. The first-order chi connectivity index (χ1) is 10.6. The molecule has 1 rings (SSSR count). The summed E-state index contributed by atoms with van der Waals surface area (Å²) in [5.74, 6) is -4.33. The predicted octanol–water partition coefficient (Wildman–Crippen LogP) is -5.17. The van der Waals surface area contributed by atoms with Crippen molar-refractivity contribution in [1.29, 1.82) is 0 Å². The monoisotopic (exact) mass is 430 g/mol. The molecule has 0 bridgehead atoms. The Hall–Kier alpha value is 0.319. The Balaban J connectivity index is -0.0000000495. The molecule has 26 heavy (non-hydrogen) atoms. The molecule has 0 amide bonds. The SMILES string of the molecule is CC(=O)[O-].CC(=O)[O-].CC(=O)[O-].CC(=O)[O-].NC1(N)CCCCC1.[Ca+2].[Ca+2]. The zero-order valence-electron chi connectivity index (χ0n) is 15.9. The number of nitrogens with two attached hydrogens (primary N) is 2. The Bertz CT molecular complexity index is 308. The summed E-state index contributed by atoms with van der Waals surface area (Å²) < 4.78 is 0. The number of carbonyl (C=O) groups excluding carboxylic acids is 4. The van der Waals surface area contributed by atoms with Gasteiger partial charge >= 0.3 is 75.5 Å². The molecular formula is C14H26Ca2N2O8. The fourth-order valence-electron chi connectivity index (χ4n) is 1.21. The van der Waals surface area contributed by atoms with E-state index in [0.29, 0.717) is 0 Å². The van der Waals surface area contributed by atoms with Gasteiger partial charge in [-0.25, -0.2) is 0 Å². The van der Waals surface area contributed by atoms with Gasteiger partial charge in [-0.2, -0.15) is 0 Å². The number of aliphatic carboxylic acids is 4. The van der Waals surface area contributed by atoms with Crippen molar-refractivity contribution in [2.45, 2.75) is 65.5 Å². The van der Waals surface area contributed by atoms with Crippen molar-refractivity contribution in [3.63, 3.8) is 0 Å². The van der Waals surface area contributed by atoms with Crippen LogP contribution in [0.15, 0.2) is 0 Å². The third kappa shape index (κ3) is 124. The summed E-state index contributed by atoms with van der Waals surface area (Å²) >= 11 is 0. The van der Waals surface area contributed by atoms with Crippen LogP contribution in [-0.2, 0) is 19.2 Å². The molecule has 0 aromatic heterocycles. The van der Waals surface area contributed by atoms with Gasteiger partial charge in [-0.1, -0.05) is 19.3 Å². The topological polar surface area (TPSA) is 213 Å². The van der Waals surface area contributed by atoms with Crippen molar-refractivity contribution in [3.8, 4) is 0 Å². The van der Waals surface area contributed by atoms with E-state index in [-0.39, 0.29) is 81.1 Å². The summed E-state index contributed by atoms with van der Waals surface area (Å²) in [5.41, 5.74) is 11.0. The summed E-state index contributed by atoms with van der Waals surface area (Å²) in [7, 11) is 0. The van der Waals surface area contributed by atoms with E-state index in [4.69, 9.17) is 51.1 Å². The third-order valence-electron chi connectivity index (χ3n) is 1.78. The molecule has 0 saturated heterocycles. The van der Waals surface area contributed by atoms with Gasteiger partial charge in [0, 0.05) is 23.9 Å². The second kappa shape index (κ2) is 27.5. The van der Waals surface area contributed by atoms with Crippen LogP contribution in [0.4, 0.5) is 0 Å². The van der Waals surface area contributed by atoms with Crippen molar-refractivity contribution < 1.29 is 39.6 Å². The van der Waals surface area contributed by atoms with Gasteiger partial charge in [-0.3, -0.25) is 0 Å². The van der Waals surface area contributed by atoms with Crippen molar-refractivity contribution in [2.75, 3.05) is 0 Å². The van der Waals surface area contributed by atoms with Crippen molar-refractivity contribution in [3.05, 3.63) is 0 Å². The van der Waals surface area contributed by atoms with Gasteiger partial charge in [0.25, 0.3) is 0 Å². The molecule has 0 aromatic carbocycles. The van der Waals surface area contributed by atoms with Crippen LogP contribution < -0.4 is 31.9 Å². The number of hydrogen-bond donors (Lipinski definition) is 2. The largest absolute Gasteiger partial charge is 2.00 e. The smallest absolute Gasteiger partial charge is 0.550 e. The minimum absolute atomic E-state index is 0. The Morgan fingerprint density at radius 3 is 0.846 bits per heavy atom. The quantitative estimate of drug-likeness (QED) is 0.275. The summed E-state index contributed by atoms with van der Waals surface area (Å²) in [6, 6.07) is 0. The minimum atomic E-state index is -1.08. The van der Waals surface area contributed by atoms with E-state index in [1.54, 1.807) is 0 Å². The van der Waals surface area contributed by atoms with Crippen LogP contribution in [0.1, 0.15) is 59.8 Å². The molecular weight excluding hydrogens is 404 g/mol. The molecule has 1 aliphatic carbocycles. The van der Waals surface area contributed by atoms with Crippen LogP contribution in [0.2, 0.25) is 0 Å². The van der Waals surface area contributed by atoms with E-state index in [9.17, 15) is 0 Å². The molecule has 0 heterocycles. The molecule has 0 atom stereocenters. The average Bonchev–Trinajstić information content (AvgIpc) is 2.24. The Kier molecular flexibility index (Phi) is 43.3. The van der Waals surface area contributed by atoms with Crippen LogP contribution >= 0.6 is 0 Å². The van der Waals surface area contributed by atoms with E-state index in [0.717, 1.165) is 40.5 Å². The van der Waals surface area contributed by atoms with Gasteiger partial charge in [-0.15, -0.1) is 0 Å². The third-order valence-corrected chi connectivity index (χ3v) is 1.78. The fourth-order valence-corrected chi connectivity index (χ4v) is 1.21. The number of rotatable bonds is 0. The first-order valence-electron chi connectivity index (χ1n) is 6.92. The van der Waals surface area contributed by atoms with Gasteiger partial charge in [0.05, 0.1) is 5.66 Å². The minimum Gasteiger partial charge on any atom is -0.550 e. The van der Waals surface area contributed by atoms with Gasteiger partial charge in [0.15, 0.2) is 0 Å². The van der Waals surface area contributed by atoms with Gasteiger partial charge < -0.3 is 51.1 Å². The summed E-state index contributed by atoms with van der Waals surface area (Å²) in [5, 5.41) is 35.6. The van der Waals surface area contributed by atoms with E-state index < -0.39 is 23.9 Å². The molecule has 0 radical (unpaired) electrons. The first-order valence-corrected chi connectivity index (χ1v) is 6.92. The molecule has 4 N–H and O–H groups in total. The average molecular weight is 431 g/mol. The summed E-state index contributed by atoms with van der Waals surface area (Å²) in [6.07, 6.45) is 5.76. The maximum Gasteiger partial charge on any atom is 2.00 e. The fraction of sp³-hybridized carbons (Fsp3) is 0.714. The molecule has 10 nitrogen and oxygen atoms in total. The second-order valence-corrected chi connectivity index (χ2v) is 4.76. The van der Waals surface area contributed by atoms with Crippen LogP contribution in [0.25, 0.3) is 0 Å². The van der Waals surface area contributed by atoms with Gasteiger partial charge in [0.1, 0.15) is 0 Å². The zero-order valence-corrected chi connectivity index (χ0v) is 20.3. The number of hydrogen-bond acceptors (Lipinski definition) is 10. The number of carboxylic acid groups (broad SMARTS) is 4. The van der Waals surface area contributed by atoms with Crippen LogP contribution in [0, 0.1) is 0 Å². The van der Waals surface area contributed by atoms with Gasteiger partial charge in [-0.05, 0) is 40.5 Å². The Labute approximate surface area is 213 Å².